The molecule has 1 aliphatic heterocycles. The van der Waals surface area contributed by atoms with Crippen molar-refractivity contribution in [3.8, 4) is 0 Å². The maximum atomic E-state index is 12.4. The van der Waals surface area contributed by atoms with Crippen molar-refractivity contribution in [2.45, 2.75) is 26.2 Å². The third-order valence-corrected chi connectivity index (χ3v) is 3.53. The van der Waals surface area contributed by atoms with Gasteiger partial charge in [-0.25, -0.2) is 0 Å². The van der Waals surface area contributed by atoms with Crippen LogP contribution < -0.4 is 5.73 Å². The number of carbonyl (C=O) groups excluding carboxylic acids is 1. The second-order valence-electron chi connectivity index (χ2n) is 4.98. The number of rotatable bonds is 2. The third kappa shape index (κ3) is 2.73. The second kappa shape index (κ2) is 5.25. The van der Waals surface area contributed by atoms with E-state index in [1.165, 1.54) is 5.57 Å². The quantitative estimate of drug-likeness (QED) is 0.642. The van der Waals surface area contributed by atoms with Crippen LogP contribution in [-0.4, -0.2) is 23.9 Å². The van der Waals surface area contributed by atoms with E-state index in [4.69, 9.17) is 5.73 Å². The molecule has 3 nitrogen and oxygen atoms in total. The number of hydrogen-bond acceptors (Lipinski definition) is 2. The Bertz CT molecular complexity index is 479. The van der Waals surface area contributed by atoms with E-state index in [0.717, 1.165) is 25.1 Å². The summed E-state index contributed by atoms with van der Waals surface area (Å²) < 4.78 is 0. The van der Waals surface area contributed by atoms with Crippen LogP contribution in [0.1, 0.15) is 31.7 Å². The van der Waals surface area contributed by atoms with E-state index in [2.05, 4.69) is 13.0 Å². The molecule has 2 rings (SSSR count). The van der Waals surface area contributed by atoms with Gasteiger partial charge in [0.05, 0.1) is 5.92 Å². The van der Waals surface area contributed by atoms with Crippen LogP contribution in [0.25, 0.3) is 0 Å². The van der Waals surface area contributed by atoms with Gasteiger partial charge in [-0.3, -0.25) is 4.79 Å². The van der Waals surface area contributed by atoms with E-state index in [1.807, 2.05) is 36.1 Å². The van der Waals surface area contributed by atoms with Crippen molar-refractivity contribution in [3.63, 3.8) is 0 Å². The number of benzene rings is 1. The number of nitrogens with two attached hydrogens (primary N) is 1. The first-order valence-corrected chi connectivity index (χ1v) is 6.38. The Morgan fingerprint density at radius 3 is 2.83 bits per heavy atom. The molecule has 1 atom stereocenters. The summed E-state index contributed by atoms with van der Waals surface area (Å²) in [5.74, 6) is 0.0599. The van der Waals surface area contributed by atoms with E-state index in [9.17, 15) is 4.79 Å². The Hall–Kier alpha value is -1.77. The molecule has 18 heavy (non-hydrogen) atoms. The molecule has 3 heteroatoms. The van der Waals surface area contributed by atoms with Gasteiger partial charge < -0.3 is 10.6 Å². The molecule has 1 heterocycles. The Morgan fingerprint density at radius 2 is 2.22 bits per heavy atom. The van der Waals surface area contributed by atoms with Crippen LogP contribution in [0.3, 0.4) is 0 Å². The van der Waals surface area contributed by atoms with Gasteiger partial charge in [0.25, 0.3) is 0 Å². The monoisotopic (exact) mass is 244 g/mol. The minimum atomic E-state index is -0.125. The summed E-state index contributed by atoms with van der Waals surface area (Å²) in [5.41, 5.74) is 8.83. The summed E-state index contributed by atoms with van der Waals surface area (Å²) in [6.45, 7) is 5.62. The predicted octanol–water partition coefficient (Wildman–Crippen LogP) is 2.55. The summed E-state index contributed by atoms with van der Waals surface area (Å²) in [4.78, 5) is 14.3. The Labute approximate surface area is 108 Å². The fourth-order valence-corrected chi connectivity index (χ4v) is 2.22. The van der Waals surface area contributed by atoms with E-state index >= 15 is 0 Å². The number of anilines is 1. The molecule has 0 spiro atoms. The molecule has 1 amide bonds. The van der Waals surface area contributed by atoms with Crippen LogP contribution in [0.4, 0.5) is 5.69 Å². The zero-order valence-corrected chi connectivity index (χ0v) is 11.0. The zero-order chi connectivity index (χ0) is 13.1. The topological polar surface area (TPSA) is 46.3 Å². The van der Waals surface area contributed by atoms with Crippen LogP contribution >= 0.6 is 0 Å². The average molecular weight is 244 g/mol. The largest absolute Gasteiger partial charge is 0.399 e. The smallest absolute Gasteiger partial charge is 0.230 e. The molecule has 1 unspecified atom stereocenters. The van der Waals surface area contributed by atoms with E-state index < -0.39 is 0 Å². The molecule has 0 bridgehead atoms. The van der Waals surface area contributed by atoms with Gasteiger partial charge in [0.2, 0.25) is 5.91 Å². The van der Waals surface area contributed by atoms with E-state index in [1.54, 1.807) is 0 Å². The number of nitrogens with zero attached hydrogens (tertiary/aromatic N) is 1. The molecule has 1 aromatic rings. The highest BCUT2D eigenvalue weighted by Crippen LogP contribution is 2.22. The SMILES string of the molecule is CC1=CCN(C(=O)C(C)c2cccc(N)c2)CC1. The Kier molecular flexibility index (Phi) is 3.70. The number of hydrogen-bond donors (Lipinski definition) is 1. The predicted molar refractivity (Wildman–Crippen MR) is 74.2 cm³/mol. The normalized spacial score (nSPS) is 17.2. The first-order chi connectivity index (χ1) is 8.58. The van der Waals surface area contributed by atoms with Crippen LogP contribution in [0.2, 0.25) is 0 Å². The first kappa shape index (κ1) is 12.7. The molecule has 96 valence electrons. The van der Waals surface area contributed by atoms with Gasteiger partial charge in [0.1, 0.15) is 0 Å². The van der Waals surface area contributed by atoms with Crippen molar-refractivity contribution >= 4 is 11.6 Å². The standard InChI is InChI=1S/C15H20N2O/c1-11-6-8-17(9-7-11)15(18)12(2)13-4-3-5-14(16)10-13/h3-6,10,12H,7-9,16H2,1-2H3. The second-order valence-corrected chi connectivity index (χ2v) is 4.98. The Morgan fingerprint density at radius 1 is 1.44 bits per heavy atom. The molecule has 0 saturated heterocycles. The van der Waals surface area contributed by atoms with Gasteiger partial charge in [-0.05, 0) is 38.0 Å². The summed E-state index contributed by atoms with van der Waals surface area (Å²) in [6.07, 6.45) is 3.11. The Balaban J connectivity index is 2.09. The van der Waals surface area contributed by atoms with Crippen molar-refractivity contribution < 1.29 is 4.79 Å². The van der Waals surface area contributed by atoms with Crippen molar-refractivity contribution in [2.24, 2.45) is 0 Å². The van der Waals surface area contributed by atoms with Gasteiger partial charge >= 0.3 is 0 Å². The highest BCUT2D eigenvalue weighted by Gasteiger charge is 2.22. The highest BCUT2D eigenvalue weighted by molar-refractivity contribution is 5.84. The van der Waals surface area contributed by atoms with Crippen LogP contribution in [0.5, 0.6) is 0 Å². The van der Waals surface area contributed by atoms with Crippen LogP contribution in [0, 0.1) is 0 Å². The molecule has 0 saturated carbocycles. The lowest BCUT2D eigenvalue weighted by Crippen LogP contribution is -2.37. The first-order valence-electron chi connectivity index (χ1n) is 6.38. The van der Waals surface area contributed by atoms with Gasteiger partial charge in [-0.15, -0.1) is 0 Å². The van der Waals surface area contributed by atoms with Crippen molar-refractivity contribution in [1.29, 1.82) is 0 Å². The zero-order valence-electron chi connectivity index (χ0n) is 11.0. The van der Waals surface area contributed by atoms with Gasteiger partial charge in [-0.2, -0.15) is 0 Å². The van der Waals surface area contributed by atoms with Gasteiger partial charge in [0.15, 0.2) is 0 Å². The fraction of sp³-hybridized carbons (Fsp3) is 0.400. The molecule has 0 aliphatic carbocycles. The van der Waals surface area contributed by atoms with Crippen LogP contribution in [-0.2, 0) is 4.79 Å². The lowest BCUT2D eigenvalue weighted by Gasteiger charge is -2.28. The van der Waals surface area contributed by atoms with E-state index in [-0.39, 0.29) is 11.8 Å². The average Bonchev–Trinajstić information content (AvgIpc) is 2.38. The molecule has 2 N–H and O–H groups in total. The maximum absolute atomic E-state index is 12.4. The molecular weight excluding hydrogens is 224 g/mol. The number of amides is 1. The lowest BCUT2D eigenvalue weighted by molar-refractivity contribution is -0.132. The lowest BCUT2D eigenvalue weighted by atomic mass is 9.98. The summed E-state index contributed by atoms with van der Waals surface area (Å²) in [6, 6.07) is 7.58. The third-order valence-electron chi connectivity index (χ3n) is 3.53. The molecule has 0 fully saturated rings. The molecule has 0 radical (unpaired) electrons. The van der Waals surface area contributed by atoms with E-state index in [0.29, 0.717) is 5.69 Å². The summed E-state index contributed by atoms with van der Waals surface area (Å²) in [7, 11) is 0. The van der Waals surface area contributed by atoms with Gasteiger partial charge in [-0.1, -0.05) is 23.8 Å². The number of nitrogen functional groups attached to an aromatic ring is 1. The van der Waals surface area contributed by atoms with Crippen molar-refractivity contribution in [2.75, 3.05) is 18.8 Å². The highest BCUT2D eigenvalue weighted by atomic mass is 16.2. The summed E-state index contributed by atoms with van der Waals surface area (Å²) >= 11 is 0. The minimum absolute atomic E-state index is 0.125. The molecule has 0 aromatic heterocycles. The van der Waals surface area contributed by atoms with Crippen LogP contribution in [0.15, 0.2) is 35.9 Å². The maximum Gasteiger partial charge on any atom is 0.230 e. The summed E-state index contributed by atoms with van der Waals surface area (Å²) in [5, 5.41) is 0. The van der Waals surface area contributed by atoms with Crippen molar-refractivity contribution in [3.05, 3.63) is 41.5 Å². The fourth-order valence-electron chi connectivity index (χ4n) is 2.22. The number of carbonyl (C=O) groups is 1. The minimum Gasteiger partial charge on any atom is -0.399 e. The van der Waals surface area contributed by atoms with Crippen molar-refractivity contribution in [1.82, 2.24) is 4.90 Å². The molecular formula is C15H20N2O. The molecule has 1 aliphatic rings. The van der Waals surface area contributed by atoms with Gasteiger partial charge in [0, 0.05) is 18.8 Å². The molecule has 1 aromatic carbocycles.